The van der Waals surface area contributed by atoms with Crippen molar-refractivity contribution in [3.05, 3.63) is 88.0 Å². The fraction of sp³-hybridized carbons (Fsp3) is 0.105. The standard InChI is InChI=1S/C19H17Cl2N3/c20-16-5-1-14(2-6-16)11-22-18-9-10-19(24-13-18)23-12-15-3-7-17(21)8-4-15/h1-10,13,22H,11-12H2,(H,23,24). The fourth-order valence-electron chi connectivity index (χ4n) is 2.20. The Morgan fingerprint density at radius 2 is 1.21 bits per heavy atom. The average molecular weight is 358 g/mol. The van der Waals surface area contributed by atoms with E-state index in [0.29, 0.717) is 6.54 Å². The summed E-state index contributed by atoms with van der Waals surface area (Å²) in [6, 6.07) is 19.5. The molecule has 1 aromatic heterocycles. The minimum absolute atomic E-state index is 0.710. The summed E-state index contributed by atoms with van der Waals surface area (Å²) in [6.07, 6.45) is 1.82. The first-order valence-corrected chi connectivity index (χ1v) is 8.37. The lowest BCUT2D eigenvalue weighted by Gasteiger charge is -2.09. The maximum absolute atomic E-state index is 5.88. The summed E-state index contributed by atoms with van der Waals surface area (Å²) >= 11 is 11.8. The zero-order valence-corrected chi connectivity index (χ0v) is 14.5. The largest absolute Gasteiger partial charge is 0.380 e. The summed E-state index contributed by atoms with van der Waals surface area (Å²) in [6.45, 7) is 1.44. The average Bonchev–Trinajstić information content (AvgIpc) is 2.62. The second-order valence-electron chi connectivity index (χ2n) is 5.39. The molecule has 0 radical (unpaired) electrons. The van der Waals surface area contributed by atoms with Crippen LogP contribution in [-0.2, 0) is 13.1 Å². The van der Waals surface area contributed by atoms with Crippen molar-refractivity contribution in [2.45, 2.75) is 13.1 Å². The van der Waals surface area contributed by atoms with Crippen molar-refractivity contribution in [1.29, 1.82) is 0 Å². The van der Waals surface area contributed by atoms with Crippen molar-refractivity contribution >= 4 is 34.7 Å². The van der Waals surface area contributed by atoms with Crippen LogP contribution in [0.2, 0.25) is 10.0 Å². The van der Waals surface area contributed by atoms with Gasteiger partial charge in [0.05, 0.1) is 11.9 Å². The number of hydrogen-bond acceptors (Lipinski definition) is 3. The third kappa shape index (κ3) is 4.88. The molecule has 0 saturated heterocycles. The van der Waals surface area contributed by atoms with Crippen molar-refractivity contribution in [2.75, 3.05) is 10.6 Å². The van der Waals surface area contributed by atoms with Crippen LogP contribution in [0.15, 0.2) is 66.9 Å². The van der Waals surface area contributed by atoms with Gasteiger partial charge < -0.3 is 10.6 Å². The number of benzene rings is 2. The van der Waals surface area contributed by atoms with E-state index in [2.05, 4.69) is 15.6 Å². The van der Waals surface area contributed by atoms with E-state index in [1.807, 2.05) is 66.9 Å². The summed E-state index contributed by atoms with van der Waals surface area (Å²) < 4.78 is 0. The van der Waals surface area contributed by atoms with Gasteiger partial charge in [0.2, 0.25) is 0 Å². The van der Waals surface area contributed by atoms with Gasteiger partial charge in [-0.2, -0.15) is 0 Å². The Hall–Kier alpha value is -2.23. The highest BCUT2D eigenvalue weighted by molar-refractivity contribution is 6.30. The van der Waals surface area contributed by atoms with E-state index in [4.69, 9.17) is 23.2 Å². The molecule has 0 aliphatic heterocycles. The molecule has 0 bridgehead atoms. The number of nitrogens with zero attached hydrogens (tertiary/aromatic N) is 1. The molecule has 24 heavy (non-hydrogen) atoms. The summed E-state index contributed by atoms with van der Waals surface area (Å²) in [5, 5.41) is 8.12. The second-order valence-corrected chi connectivity index (χ2v) is 6.27. The van der Waals surface area contributed by atoms with Gasteiger partial charge in [0.15, 0.2) is 0 Å². The van der Waals surface area contributed by atoms with Gasteiger partial charge in [-0.15, -0.1) is 0 Å². The minimum atomic E-state index is 0.710. The van der Waals surface area contributed by atoms with Crippen LogP contribution in [0.4, 0.5) is 11.5 Å². The molecule has 0 unspecified atom stereocenters. The Balaban J connectivity index is 1.51. The highest BCUT2D eigenvalue weighted by atomic mass is 35.5. The lowest BCUT2D eigenvalue weighted by Crippen LogP contribution is -2.03. The molecule has 1 heterocycles. The number of aromatic nitrogens is 1. The van der Waals surface area contributed by atoms with E-state index < -0.39 is 0 Å². The molecule has 122 valence electrons. The molecule has 2 N–H and O–H groups in total. The fourth-order valence-corrected chi connectivity index (χ4v) is 2.46. The summed E-state index contributed by atoms with van der Waals surface area (Å²) in [5.41, 5.74) is 3.30. The smallest absolute Gasteiger partial charge is 0.126 e. The first kappa shape index (κ1) is 16.6. The Morgan fingerprint density at radius 3 is 1.71 bits per heavy atom. The zero-order valence-electron chi connectivity index (χ0n) is 13.0. The molecule has 0 saturated carbocycles. The highest BCUT2D eigenvalue weighted by Gasteiger charge is 1.98. The quantitative estimate of drug-likeness (QED) is 0.601. The molecule has 0 amide bonds. The topological polar surface area (TPSA) is 37.0 Å². The van der Waals surface area contributed by atoms with Gasteiger partial charge >= 0.3 is 0 Å². The monoisotopic (exact) mass is 357 g/mol. The third-order valence-corrected chi connectivity index (χ3v) is 4.06. The molecule has 0 spiro atoms. The first-order valence-electron chi connectivity index (χ1n) is 7.62. The summed E-state index contributed by atoms with van der Waals surface area (Å²) in [5.74, 6) is 0.835. The zero-order chi connectivity index (χ0) is 16.8. The van der Waals surface area contributed by atoms with Gasteiger partial charge in [-0.3, -0.25) is 0 Å². The van der Waals surface area contributed by atoms with Gasteiger partial charge in [0.1, 0.15) is 5.82 Å². The highest BCUT2D eigenvalue weighted by Crippen LogP contribution is 2.15. The SMILES string of the molecule is Clc1ccc(CNc2ccc(NCc3ccc(Cl)cc3)nc2)cc1. The van der Waals surface area contributed by atoms with Gasteiger partial charge in [-0.25, -0.2) is 4.98 Å². The van der Waals surface area contributed by atoms with Gasteiger partial charge in [0, 0.05) is 23.1 Å². The number of halogens is 2. The third-order valence-electron chi connectivity index (χ3n) is 3.56. The Bertz CT molecular complexity index is 701. The molecule has 0 fully saturated rings. The van der Waals surface area contributed by atoms with Crippen LogP contribution in [0.25, 0.3) is 0 Å². The van der Waals surface area contributed by atoms with E-state index in [1.54, 1.807) is 0 Å². The molecular formula is C19H17Cl2N3. The van der Waals surface area contributed by atoms with Crippen LogP contribution in [0.1, 0.15) is 11.1 Å². The first-order chi connectivity index (χ1) is 11.7. The number of nitrogens with one attached hydrogen (secondary N) is 2. The Labute approximate surface area is 151 Å². The van der Waals surface area contributed by atoms with Crippen LogP contribution in [0, 0.1) is 0 Å². The lowest BCUT2D eigenvalue weighted by atomic mass is 10.2. The van der Waals surface area contributed by atoms with E-state index in [0.717, 1.165) is 33.7 Å². The predicted octanol–water partition coefficient (Wildman–Crippen LogP) is 5.61. The van der Waals surface area contributed by atoms with Crippen LogP contribution >= 0.6 is 23.2 Å². The number of rotatable bonds is 6. The second kappa shape index (κ2) is 8.04. The molecule has 5 heteroatoms. The van der Waals surface area contributed by atoms with Gasteiger partial charge in [-0.05, 0) is 47.5 Å². The molecule has 2 aromatic carbocycles. The predicted molar refractivity (Wildman–Crippen MR) is 102 cm³/mol. The van der Waals surface area contributed by atoms with E-state index >= 15 is 0 Å². The lowest BCUT2D eigenvalue weighted by molar-refractivity contribution is 1.10. The number of hydrogen-bond donors (Lipinski definition) is 2. The van der Waals surface area contributed by atoms with Crippen molar-refractivity contribution in [3.8, 4) is 0 Å². The molecule has 3 aromatic rings. The van der Waals surface area contributed by atoms with Crippen LogP contribution in [0.5, 0.6) is 0 Å². The van der Waals surface area contributed by atoms with E-state index in [9.17, 15) is 0 Å². The Morgan fingerprint density at radius 1 is 0.667 bits per heavy atom. The van der Waals surface area contributed by atoms with Crippen molar-refractivity contribution in [1.82, 2.24) is 4.98 Å². The van der Waals surface area contributed by atoms with E-state index in [-0.39, 0.29) is 0 Å². The maximum Gasteiger partial charge on any atom is 0.126 e. The number of anilines is 2. The van der Waals surface area contributed by atoms with E-state index in [1.165, 1.54) is 5.56 Å². The summed E-state index contributed by atoms with van der Waals surface area (Å²) in [4.78, 5) is 4.42. The molecule has 0 aliphatic carbocycles. The van der Waals surface area contributed by atoms with Crippen LogP contribution in [-0.4, -0.2) is 4.98 Å². The molecule has 3 nitrogen and oxygen atoms in total. The molecule has 3 rings (SSSR count). The van der Waals surface area contributed by atoms with Crippen molar-refractivity contribution < 1.29 is 0 Å². The van der Waals surface area contributed by atoms with Crippen LogP contribution in [0.3, 0.4) is 0 Å². The molecule has 0 aliphatic rings. The van der Waals surface area contributed by atoms with Crippen molar-refractivity contribution in [3.63, 3.8) is 0 Å². The normalized spacial score (nSPS) is 10.4. The van der Waals surface area contributed by atoms with Gasteiger partial charge in [0.25, 0.3) is 0 Å². The van der Waals surface area contributed by atoms with Gasteiger partial charge in [-0.1, -0.05) is 47.5 Å². The maximum atomic E-state index is 5.88. The number of pyridine rings is 1. The molecule has 0 atom stereocenters. The summed E-state index contributed by atoms with van der Waals surface area (Å²) in [7, 11) is 0. The van der Waals surface area contributed by atoms with Crippen LogP contribution < -0.4 is 10.6 Å². The Kier molecular flexibility index (Phi) is 5.57. The minimum Gasteiger partial charge on any atom is -0.380 e. The molecular weight excluding hydrogens is 341 g/mol. The van der Waals surface area contributed by atoms with Crippen molar-refractivity contribution in [2.24, 2.45) is 0 Å².